The largest absolute Gasteiger partial charge is 0.508 e. The van der Waals surface area contributed by atoms with Gasteiger partial charge in [0.15, 0.2) is 5.78 Å². The van der Waals surface area contributed by atoms with Gasteiger partial charge in [-0.05, 0) is 25.0 Å². The SMILES string of the molecule is CSC(SC)C(=O)C[C@H]1NC(=O)[C@H]1CCOC(=O)OCc1ccccc1[N+](=O)[O-]. The summed E-state index contributed by atoms with van der Waals surface area (Å²) in [6.45, 7) is -0.339. The third-order valence-electron chi connectivity index (χ3n) is 4.44. The molecule has 11 heteroatoms. The van der Waals surface area contributed by atoms with Crippen LogP contribution in [0.1, 0.15) is 18.4 Å². The quantitative estimate of drug-likeness (QED) is 0.181. The molecule has 158 valence electrons. The van der Waals surface area contributed by atoms with Crippen LogP contribution in [0.5, 0.6) is 0 Å². The Morgan fingerprint density at radius 1 is 1.24 bits per heavy atom. The lowest BCUT2D eigenvalue weighted by Gasteiger charge is -2.36. The highest BCUT2D eigenvalue weighted by Crippen LogP contribution is 2.27. The number of Topliss-reactive ketones (excluding diaryl/α,β-unsaturated/α-hetero) is 1. The summed E-state index contributed by atoms with van der Waals surface area (Å²) in [6, 6.07) is 5.67. The molecule has 1 saturated heterocycles. The maximum Gasteiger partial charge on any atom is 0.508 e. The zero-order valence-corrected chi connectivity index (χ0v) is 17.6. The number of para-hydroxylation sites is 1. The minimum atomic E-state index is -0.972. The number of β-lactam (4-membered cyclic amide) rings is 1. The second kappa shape index (κ2) is 11.1. The van der Waals surface area contributed by atoms with Crippen molar-refractivity contribution in [2.45, 2.75) is 30.1 Å². The lowest BCUT2D eigenvalue weighted by Crippen LogP contribution is -2.59. The monoisotopic (exact) mass is 442 g/mol. The first-order valence-electron chi connectivity index (χ1n) is 8.77. The molecule has 0 aromatic heterocycles. The molecule has 1 aliphatic rings. The Hall–Kier alpha value is -2.27. The van der Waals surface area contributed by atoms with Gasteiger partial charge in [0.25, 0.3) is 5.69 Å². The van der Waals surface area contributed by atoms with Crippen LogP contribution in [0.25, 0.3) is 0 Å². The molecule has 0 spiro atoms. The molecule has 0 saturated carbocycles. The van der Waals surface area contributed by atoms with Crippen LogP contribution in [0.2, 0.25) is 0 Å². The summed E-state index contributed by atoms with van der Waals surface area (Å²) in [4.78, 5) is 46.0. The van der Waals surface area contributed by atoms with Gasteiger partial charge in [-0.3, -0.25) is 19.7 Å². The molecule has 1 aromatic carbocycles. The minimum absolute atomic E-state index is 0.0486. The normalized spacial score (nSPS) is 18.0. The Bertz CT molecular complexity index is 770. The Labute approximate surface area is 176 Å². The van der Waals surface area contributed by atoms with Crippen LogP contribution in [-0.4, -0.2) is 52.5 Å². The molecule has 0 radical (unpaired) electrons. The van der Waals surface area contributed by atoms with Crippen molar-refractivity contribution in [2.24, 2.45) is 5.92 Å². The van der Waals surface area contributed by atoms with Crippen LogP contribution in [0.3, 0.4) is 0 Å². The molecule has 1 N–H and O–H groups in total. The number of hydrogen-bond donors (Lipinski definition) is 1. The standard InChI is InChI=1S/C18H22N2O7S2/c1-28-17(29-2)15(21)9-13-12(16(22)19-13)7-8-26-18(23)27-10-11-5-3-4-6-14(11)20(24)25/h3-6,12-13,17H,7-10H2,1-2H3,(H,19,22)/t12-,13+/m0/s1. The number of nitrogens with one attached hydrogen (secondary N) is 1. The number of benzene rings is 1. The van der Waals surface area contributed by atoms with E-state index in [4.69, 9.17) is 9.47 Å². The lowest BCUT2D eigenvalue weighted by atomic mass is 9.85. The zero-order chi connectivity index (χ0) is 21.4. The van der Waals surface area contributed by atoms with Gasteiger partial charge >= 0.3 is 6.16 Å². The van der Waals surface area contributed by atoms with Gasteiger partial charge in [-0.1, -0.05) is 12.1 Å². The molecular formula is C18H22N2O7S2. The summed E-state index contributed by atoms with van der Waals surface area (Å²) in [5.74, 6) is -0.513. The molecule has 29 heavy (non-hydrogen) atoms. The van der Waals surface area contributed by atoms with Crippen molar-refractivity contribution in [1.29, 1.82) is 0 Å². The topological polar surface area (TPSA) is 125 Å². The number of carbonyl (C=O) groups is 3. The van der Waals surface area contributed by atoms with Gasteiger partial charge in [0, 0.05) is 18.5 Å². The van der Waals surface area contributed by atoms with E-state index in [0.717, 1.165) is 0 Å². The van der Waals surface area contributed by atoms with Crippen LogP contribution >= 0.6 is 23.5 Å². The molecule has 1 heterocycles. The van der Waals surface area contributed by atoms with E-state index in [1.807, 2.05) is 12.5 Å². The molecule has 9 nitrogen and oxygen atoms in total. The highest BCUT2D eigenvalue weighted by atomic mass is 32.2. The Morgan fingerprint density at radius 2 is 1.93 bits per heavy atom. The number of rotatable bonds is 11. The number of amides is 1. The highest BCUT2D eigenvalue weighted by Gasteiger charge is 2.40. The van der Waals surface area contributed by atoms with Gasteiger partial charge in [-0.25, -0.2) is 4.79 Å². The number of nitro groups is 1. The minimum Gasteiger partial charge on any atom is -0.434 e. The number of thioether (sulfide) groups is 2. The van der Waals surface area contributed by atoms with Crippen molar-refractivity contribution in [1.82, 2.24) is 5.32 Å². The van der Waals surface area contributed by atoms with E-state index in [2.05, 4.69) is 5.32 Å². The molecule has 2 rings (SSSR count). The summed E-state index contributed by atoms with van der Waals surface area (Å²) in [6.07, 6.45) is 3.26. The maximum absolute atomic E-state index is 12.2. The lowest BCUT2D eigenvalue weighted by molar-refractivity contribution is -0.385. The van der Waals surface area contributed by atoms with E-state index in [1.165, 1.54) is 41.7 Å². The fourth-order valence-electron chi connectivity index (χ4n) is 2.93. The molecule has 0 aliphatic carbocycles. The number of nitro benzene ring substituents is 1. The second-order valence-electron chi connectivity index (χ2n) is 6.26. The van der Waals surface area contributed by atoms with Gasteiger partial charge in [0.1, 0.15) is 11.2 Å². The number of carbonyl (C=O) groups excluding carboxylic acids is 3. The number of nitrogens with zero attached hydrogens (tertiary/aromatic N) is 1. The molecule has 1 amide bonds. The van der Waals surface area contributed by atoms with Crippen molar-refractivity contribution in [3.05, 3.63) is 39.9 Å². The van der Waals surface area contributed by atoms with Gasteiger partial charge in [0.2, 0.25) is 5.91 Å². The summed E-state index contributed by atoms with van der Waals surface area (Å²) in [5.41, 5.74) is 0.108. The Balaban J connectivity index is 1.74. The first-order valence-corrected chi connectivity index (χ1v) is 11.4. The number of ketones is 1. The third-order valence-corrected chi connectivity index (χ3v) is 6.98. The van der Waals surface area contributed by atoms with Crippen molar-refractivity contribution in [2.75, 3.05) is 19.1 Å². The zero-order valence-electron chi connectivity index (χ0n) is 16.0. The molecule has 1 aromatic rings. The Morgan fingerprint density at radius 3 is 2.55 bits per heavy atom. The average molecular weight is 443 g/mol. The van der Waals surface area contributed by atoms with Crippen molar-refractivity contribution >= 4 is 47.1 Å². The van der Waals surface area contributed by atoms with E-state index in [-0.39, 0.29) is 59.6 Å². The smallest absolute Gasteiger partial charge is 0.434 e. The summed E-state index contributed by atoms with van der Waals surface area (Å²) < 4.78 is 9.70. The van der Waals surface area contributed by atoms with Gasteiger partial charge < -0.3 is 14.8 Å². The predicted molar refractivity (Wildman–Crippen MR) is 110 cm³/mol. The summed E-state index contributed by atoms with van der Waals surface area (Å²) >= 11 is 2.91. The molecule has 0 bridgehead atoms. The van der Waals surface area contributed by atoms with Gasteiger partial charge in [-0.2, -0.15) is 0 Å². The molecule has 0 unspecified atom stereocenters. The second-order valence-corrected chi connectivity index (χ2v) is 8.44. The number of ether oxygens (including phenoxy) is 2. The van der Waals surface area contributed by atoms with Gasteiger partial charge in [0.05, 0.1) is 23.0 Å². The summed E-state index contributed by atoms with van der Waals surface area (Å²) in [5, 5.41) is 13.7. The molecule has 2 atom stereocenters. The van der Waals surface area contributed by atoms with Crippen LogP contribution < -0.4 is 5.32 Å². The highest BCUT2D eigenvalue weighted by molar-refractivity contribution is 8.17. The average Bonchev–Trinajstić information content (AvgIpc) is 2.70. The number of hydrogen-bond acceptors (Lipinski definition) is 9. The van der Waals surface area contributed by atoms with Gasteiger partial charge in [-0.15, -0.1) is 23.5 Å². The maximum atomic E-state index is 12.2. The van der Waals surface area contributed by atoms with Crippen molar-refractivity contribution < 1.29 is 28.8 Å². The third kappa shape index (κ3) is 6.36. The first kappa shape index (κ1) is 23.0. The van der Waals surface area contributed by atoms with Crippen molar-refractivity contribution in [3.8, 4) is 0 Å². The van der Waals surface area contributed by atoms with Crippen LogP contribution in [-0.2, 0) is 25.7 Å². The Kier molecular flexibility index (Phi) is 8.77. The molecule has 1 aliphatic heterocycles. The fraction of sp³-hybridized carbons (Fsp3) is 0.500. The summed E-state index contributed by atoms with van der Waals surface area (Å²) in [7, 11) is 0. The molecule has 1 fully saturated rings. The predicted octanol–water partition coefficient (Wildman–Crippen LogP) is 2.76. The van der Waals surface area contributed by atoms with Crippen LogP contribution in [0.15, 0.2) is 24.3 Å². The van der Waals surface area contributed by atoms with E-state index in [9.17, 15) is 24.5 Å². The molecular weight excluding hydrogens is 420 g/mol. The van der Waals surface area contributed by atoms with E-state index in [1.54, 1.807) is 6.07 Å². The van der Waals surface area contributed by atoms with Crippen molar-refractivity contribution in [3.63, 3.8) is 0 Å². The van der Waals surface area contributed by atoms with Crippen LogP contribution in [0.4, 0.5) is 10.5 Å². The first-order chi connectivity index (χ1) is 13.9. The van der Waals surface area contributed by atoms with Crippen LogP contribution in [0, 0.1) is 16.0 Å². The fourth-order valence-corrected chi connectivity index (χ4v) is 4.42. The van der Waals surface area contributed by atoms with E-state index >= 15 is 0 Å². The van der Waals surface area contributed by atoms with E-state index < -0.39 is 17.0 Å². The van der Waals surface area contributed by atoms with E-state index in [0.29, 0.717) is 0 Å².